The zero-order valence-electron chi connectivity index (χ0n) is 41.9. The van der Waals surface area contributed by atoms with Gasteiger partial charge in [0.1, 0.15) is 28.7 Å². The molecule has 67 heavy (non-hydrogen) atoms. The van der Waals surface area contributed by atoms with Gasteiger partial charge in [0.25, 0.3) is 0 Å². The highest BCUT2D eigenvalue weighted by molar-refractivity contribution is 6.32. The molecular weight excluding hydrogens is 868 g/mol. The van der Waals surface area contributed by atoms with Crippen LogP contribution < -0.4 is 28.4 Å². The summed E-state index contributed by atoms with van der Waals surface area (Å²) < 4.78 is 67.0. The summed E-state index contributed by atoms with van der Waals surface area (Å²) in [6.45, 7) is 8.61. The summed E-state index contributed by atoms with van der Waals surface area (Å²) >= 11 is 6.31. The third-order valence-corrected chi connectivity index (χ3v) is 10.7. The van der Waals surface area contributed by atoms with Crippen LogP contribution in [0.2, 0.25) is 5.02 Å². The number of rotatable bonds is 30. The van der Waals surface area contributed by atoms with Crippen LogP contribution in [0.4, 0.5) is 0 Å². The van der Waals surface area contributed by atoms with Crippen molar-refractivity contribution >= 4 is 35.5 Å². The Morgan fingerprint density at radius 1 is 0.418 bits per heavy atom. The summed E-state index contributed by atoms with van der Waals surface area (Å²) in [5.41, 5.74) is -0.0756. The maximum Gasteiger partial charge on any atom is 0.343 e. The molecule has 0 atom stereocenters. The summed E-state index contributed by atoms with van der Waals surface area (Å²) in [5.74, 6) is -3.48. The minimum atomic E-state index is -1.01. The van der Waals surface area contributed by atoms with Gasteiger partial charge >= 0.3 is 23.9 Å². The van der Waals surface area contributed by atoms with Crippen molar-refractivity contribution in [3.8, 4) is 34.5 Å². The minimum absolute atomic E-state index is 0.0412. The van der Waals surface area contributed by atoms with Crippen LogP contribution in [0.5, 0.6) is 34.5 Å². The van der Waals surface area contributed by atoms with Crippen molar-refractivity contribution in [2.45, 2.75) is 103 Å². The van der Waals surface area contributed by atoms with E-state index in [9.17, 15) is 19.2 Å². The Morgan fingerprint density at radius 2 is 0.746 bits per heavy atom. The number of esters is 4. The van der Waals surface area contributed by atoms with Gasteiger partial charge < -0.3 is 28.4 Å². The molecule has 5 rings (SSSR count). The fraction of sp³-hybridized carbons (Fsp3) is 0.321. The van der Waals surface area contributed by atoms with Crippen LogP contribution in [-0.2, 0) is 0 Å². The Morgan fingerprint density at radius 3 is 1.15 bits per heavy atom. The number of hydrogen-bond acceptors (Lipinski definition) is 10. The topological polar surface area (TPSA) is 124 Å². The number of carbonyl (C=O) groups is 4. The molecule has 0 aliphatic heterocycles. The predicted molar refractivity (Wildman–Crippen MR) is 262 cm³/mol. The van der Waals surface area contributed by atoms with Gasteiger partial charge in [0.05, 0.1) is 46.0 Å². The van der Waals surface area contributed by atoms with E-state index < -0.39 is 48.0 Å². The van der Waals surface area contributed by atoms with Crippen LogP contribution in [0.3, 0.4) is 0 Å². The van der Waals surface area contributed by atoms with Crippen LogP contribution in [0.1, 0.15) is 150 Å². The van der Waals surface area contributed by atoms with E-state index in [-0.39, 0.29) is 50.3 Å². The number of allylic oxidation sites excluding steroid dienone is 2. The van der Waals surface area contributed by atoms with Gasteiger partial charge in [-0.2, -0.15) is 0 Å². The zero-order chi connectivity index (χ0) is 51.0. The van der Waals surface area contributed by atoms with Crippen molar-refractivity contribution in [2.24, 2.45) is 0 Å². The molecule has 0 radical (unpaired) electrons. The Hall–Kier alpha value is -6.65. The zero-order valence-corrected chi connectivity index (χ0v) is 38.7. The number of hydrogen-bond donors (Lipinski definition) is 0. The molecule has 0 fully saturated rings. The molecule has 5 aromatic carbocycles. The Labute approximate surface area is 405 Å². The first-order valence-corrected chi connectivity index (χ1v) is 23.3. The van der Waals surface area contributed by atoms with Crippen molar-refractivity contribution in [2.75, 3.05) is 13.2 Å². The van der Waals surface area contributed by atoms with Gasteiger partial charge in [0.15, 0.2) is 5.75 Å². The second kappa shape index (κ2) is 29.1. The van der Waals surface area contributed by atoms with Crippen molar-refractivity contribution in [1.29, 1.82) is 0 Å². The molecule has 10 nitrogen and oxygen atoms in total. The van der Waals surface area contributed by atoms with Gasteiger partial charge in [-0.05, 0) is 148 Å². The molecule has 0 bridgehead atoms. The van der Waals surface area contributed by atoms with Gasteiger partial charge in [-0.15, -0.1) is 13.2 Å². The van der Waals surface area contributed by atoms with E-state index in [0.29, 0.717) is 24.7 Å². The lowest BCUT2D eigenvalue weighted by atomic mass is 10.1. The lowest BCUT2D eigenvalue weighted by molar-refractivity contribution is 0.0723. The molecule has 11 heteroatoms. The largest absolute Gasteiger partial charge is 0.494 e. The van der Waals surface area contributed by atoms with E-state index in [1.54, 1.807) is 24.3 Å². The summed E-state index contributed by atoms with van der Waals surface area (Å²) in [6, 6.07) is 19.1. The molecule has 0 amide bonds. The van der Waals surface area contributed by atoms with Crippen LogP contribution >= 0.6 is 11.6 Å². The van der Waals surface area contributed by atoms with Crippen molar-refractivity contribution < 1.29 is 53.1 Å². The Balaban J connectivity index is 1.08. The van der Waals surface area contributed by atoms with Gasteiger partial charge in [0.2, 0.25) is 0 Å². The third-order valence-electron chi connectivity index (χ3n) is 10.4. The Kier molecular flexibility index (Phi) is 19.8. The molecule has 352 valence electrons. The molecule has 0 aliphatic carbocycles. The van der Waals surface area contributed by atoms with Crippen molar-refractivity contribution in [3.05, 3.63) is 168 Å². The van der Waals surface area contributed by atoms with Crippen LogP contribution in [-0.4, -0.2) is 37.1 Å². The van der Waals surface area contributed by atoms with Crippen molar-refractivity contribution in [1.82, 2.24) is 0 Å². The molecule has 0 spiro atoms. The first kappa shape index (κ1) is 45.5. The molecule has 5 aromatic rings. The standard InChI is InChI=1S/C56H61ClO10/c1-3-5-7-9-11-13-15-17-19-39-62-46-29-21-42(22-30-46)53(58)64-48-33-25-44(26-34-48)55(60)66-50-37-38-51(57)52(41-50)67-56(61)45-27-35-49(36-28-45)65-54(59)43-23-31-47(32-24-43)63-40-20-18-16-14-12-10-8-6-4-2/h3-4,21-38,41H,1-2,5-20,39-40H2/i33D,34D,35D,36D. The van der Waals surface area contributed by atoms with Gasteiger partial charge in [-0.1, -0.05) is 88.0 Å². The van der Waals surface area contributed by atoms with Crippen LogP contribution in [0, 0.1) is 0 Å². The highest BCUT2D eigenvalue weighted by atomic mass is 35.5. The molecule has 0 unspecified atom stereocenters. The first-order chi connectivity index (χ1) is 34.4. The summed E-state index contributed by atoms with van der Waals surface area (Å²) in [7, 11) is 0. The third kappa shape index (κ3) is 18.6. The predicted octanol–water partition coefficient (Wildman–Crippen LogP) is 14.6. The number of unbranched alkanes of at least 4 members (excludes halogenated alkanes) is 14. The van der Waals surface area contributed by atoms with Gasteiger partial charge in [0, 0.05) is 6.07 Å². The number of ether oxygens (including phenoxy) is 6. The molecule has 0 N–H and O–H groups in total. The van der Waals surface area contributed by atoms with E-state index in [2.05, 4.69) is 13.2 Å². The second-order valence-electron chi connectivity index (χ2n) is 15.7. The van der Waals surface area contributed by atoms with E-state index in [1.165, 1.54) is 87.8 Å². The van der Waals surface area contributed by atoms with Crippen LogP contribution in [0.15, 0.2) is 140 Å². The molecular formula is C56H61ClO10. The monoisotopic (exact) mass is 932 g/mol. The number of carbonyl (C=O) groups excluding carboxylic acids is 4. The second-order valence-corrected chi connectivity index (χ2v) is 16.1. The van der Waals surface area contributed by atoms with E-state index in [4.69, 9.17) is 45.5 Å². The minimum Gasteiger partial charge on any atom is -0.494 e. The summed E-state index contributed by atoms with van der Waals surface area (Å²) in [4.78, 5) is 52.3. The maximum atomic E-state index is 13.2. The highest BCUT2D eigenvalue weighted by Crippen LogP contribution is 2.31. The SMILES string of the molecule is [2H]c1cc(C(=O)Oc2ccc(Cl)c(OC(=O)c3cc([2H])c(OC(=O)c4ccc(OCCCCCCCCCC=C)cc4)c([2H])c3)c2)cc([2H])c1OC(=O)c1ccc(OCCCCCCCCCC=C)cc1. The van der Waals surface area contributed by atoms with Gasteiger partial charge in [-0.3, -0.25) is 0 Å². The Bertz CT molecular complexity index is 2540. The van der Waals surface area contributed by atoms with E-state index >= 15 is 0 Å². The van der Waals surface area contributed by atoms with E-state index in [1.807, 2.05) is 12.2 Å². The normalized spacial score (nSPS) is 11.5. The molecule has 0 saturated heterocycles. The molecule has 0 saturated carbocycles. The summed E-state index contributed by atoms with van der Waals surface area (Å²) in [6.07, 6.45) is 22.0. The average molecular weight is 934 g/mol. The smallest absolute Gasteiger partial charge is 0.343 e. The maximum absolute atomic E-state index is 13.2. The number of halogens is 1. The fourth-order valence-corrected chi connectivity index (χ4v) is 6.81. The fourth-order valence-electron chi connectivity index (χ4n) is 6.65. The van der Waals surface area contributed by atoms with Crippen LogP contribution in [0.25, 0.3) is 0 Å². The molecule has 0 heterocycles. The first-order valence-electron chi connectivity index (χ1n) is 24.9. The molecule has 0 aromatic heterocycles. The lowest BCUT2D eigenvalue weighted by Gasteiger charge is -2.10. The molecule has 0 aliphatic rings. The average Bonchev–Trinajstić information content (AvgIpc) is 3.36. The van der Waals surface area contributed by atoms with Crippen molar-refractivity contribution in [3.63, 3.8) is 0 Å². The van der Waals surface area contributed by atoms with E-state index in [0.717, 1.165) is 81.7 Å². The quantitative estimate of drug-likeness (QED) is 0.0190. The lowest BCUT2D eigenvalue weighted by Crippen LogP contribution is -2.11. The summed E-state index contributed by atoms with van der Waals surface area (Å²) in [5, 5.41) is -0.0412. The van der Waals surface area contributed by atoms with Gasteiger partial charge in [-0.25, -0.2) is 19.2 Å². The number of benzene rings is 5. The highest BCUT2D eigenvalue weighted by Gasteiger charge is 2.17.